The molecular weight excluding hydrogens is 398 g/mol. The van der Waals surface area contributed by atoms with Gasteiger partial charge in [0.2, 0.25) is 6.79 Å². The second-order valence-corrected chi connectivity index (χ2v) is 7.73. The van der Waals surface area contributed by atoms with Crippen LogP contribution in [0.15, 0.2) is 42.0 Å². The predicted molar refractivity (Wildman–Crippen MR) is 114 cm³/mol. The third-order valence-electron chi connectivity index (χ3n) is 5.74. The number of imide groups is 2. The number of carbonyl (C=O) groups excluding carboxylic acids is 3. The number of hydrogen-bond donors (Lipinski definition) is 1. The molecule has 3 aliphatic heterocycles. The van der Waals surface area contributed by atoms with Gasteiger partial charge in [-0.3, -0.25) is 14.9 Å². The van der Waals surface area contributed by atoms with Gasteiger partial charge in [0.05, 0.1) is 5.69 Å². The highest BCUT2D eigenvalue weighted by Crippen LogP contribution is 2.36. The fourth-order valence-corrected chi connectivity index (χ4v) is 4.07. The molecule has 0 radical (unpaired) electrons. The summed E-state index contributed by atoms with van der Waals surface area (Å²) in [6, 6.07) is 9.90. The quantitative estimate of drug-likeness (QED) is 0.608. The normalized spacial score (nSPS) is 19.4. The maximum atomic E-state index is 13.1. The first-order valence-electron chi connectivity index (χ1n) is 10.2. The maximum absolute atomic E-state index is 13.1. The molecule has 2 saturated heterocycles. The first-order valence-corrected chi connectivity index (χ1v) is 10.2. The van der Waals surface area contributed by atoms with Crippen molar-refractivity contribution in [3.8, 4) is 11.5 Å². The van der Waals surface area contributed by atoms with E-state index in [2.05, 4.69) is 16.3 Å². The van der Waals surface area contributed by atoms with Crippen molar-refractivity contribution in [2.24, 2.45) is 0 Å². The standard InChI is InChI=1S/C23H21N3O5/c1-14-10-16(25-8-2-3-9-25)5-4-15(14)11-18-21(27)24-23(29)26(22(18)28)17-6-7-19-20(12-17)31-13-30-19/h4-7,10-12H,2-3,8-9,13H2,1H3,(H,24,27,29)/b18-11+. The summed E-state index contributed by atoms with van der Waals surface area (Å²) in [7, 11) is 0. The summed E-state index contributed by atoms with van der Waals surface area (Å²) in [5.74, 6) is -0.423. The van der Waals surface area contributed by atoms with Gasteiger partial charge in [0.25, 0.3) is 11.8 Å². The zero-order valence-electron chi connectivity index (χ0n) is 17.0. The number of amides is 4. The van der Waals surface area contributed by atoms with Crippen LogP contribution >= 0.6 is 0 Å². The van der Waals surface area contributed by atoms with Gasteiger partial charge in [-0.05, 0) is 61.2 Å². The van der Waals surface area contributed by atoms with Crippen molar-refractivity contribution in [1.82, 2.24) is 5.32 Å². The first kappa shape index (κ1) is 19.2. The van der Waals surface area contributed by atoms with Gasteiger partial charge >= 0.3 is 6.03 Å². The van der Waals surface area contributed by atoms with E-state index in [4.69, 9.17) is 9.47 Å². The predicted octanol–water partition coefficient (Wildman–Crippen LogP) is 2.99. The number of aryl methyl sites for hydroxylation is 1. The molecule has 0 spiro atoms. The van der Waals surface area contributed by atoms with Crippen molar-refractivity contribution in [2.45, 2.75) is 19.8 Å². The number of fused-ring (bicyclic) bond motifs is 1. The first-order chi connectivity index (χ1) is 15.0. The van der Waals surface area contributed by atoms with E-state index in [-0.39, 0.29) is 12.4 Å². The molecule has 2 fully saturated rings. The average molecular weight is 419 g/mol. The summed E-state index contributed by atoms with van der Waals surface area (Å²) < 4.78 is 10.6. The van der Waals surface area contributed by atoms with Gasteiger partial charge < -0.3 is 14.4 Å². The average Bonchev–Trinajstić information content (AvgIpc) is 3.43. The molecule has 0 unspecified atom stereocenters. The molecule has 3 aliphatic rings. The summed E-state index contributed by atoms with van der Waals surface area (Å²) in [5, 5.41) is 2.25. The Bertz CT molecular complexity index is 1130. The molecule has 8 heteroatoms. The Morgan fingerprint density at radius 2 is 1.68 bits per heavy atom. The van der Waals surface area contributed by atoms with Crippen LogP contribution in [0, 0.1) is 6.92 Å². The highest BCUT2D eigenvalue weighted by Gasteiger charge is 2.37. The van der Waals surface area contributed by atoms with Gasteiger partial charge in [-0.1, -0.05) is 6.07 Å². The van der Waals surface area contributed by atoms with Crippen molar-refractivity contribution in [3.63, 3.8) is 0 Å². The SMILES string of the molecule is Cc1cc(N2CCCC2)ccc1/C=C1\C(=O)NC(=O)N(c2ccc3c(c2)OCO3)C1=O. The number of rotatable bonds is 3. The number of anilines is 2. The van der Waals surface area contributed by atoms with E-state index in [1.807, 2.05) is 19.1 Å². The van der Waals surface area contributed by atoms with Crippen molar-refractivity contribution >= 4 is 35.3 Å². The molecule has 0 aromatic heterocycles. The van der Waals surface area contributed by atoms with Crippen LogP contribution in [0.3, 0.4) is 0 Å². The molecule has 0 bridgehead atoms. The second-order valence-electron chi connectivity index (χ2n) is 7.73. The lowest BCUT2D eigenvalue weighted by molar-refractivity contribution is -0.122. The van der Waals surface area contributed by atoms with Gasteiger partial charge in [-0.25, -0.2) is 9.69 Å². The minimum absolute atomic E-state index is 0.0786. The van der Waals surface area contributed by atoms with Crippen LogP contribution < -0.4 is 24.6 Å². The Kier molecular flexibility index (Phi) is 4.62. The number of urea groups is 1. The minimum atomic E-state index is -0.799. The van der Waals surface area contributed by atoms with Crippen molar-refractivity contribution in [1.29, 1.82) is 0 Å². The maximum Gasteiger partial charge on any atom is 0.335 e. The van der Waals surface area contributed by atoms with E-state index in [1.54, 1.807) is 18.2 Å². The molecule has 158 valence electrons. The summed E-state index contributed by atoms with van der Waals surface area (Å²) >= 11 is 0. The fraction of sp³-hybridized carbons (Fsp3) is 0.261. The molecule has 2 aromatic rings. The Balaban J connectivity index is 1.47. The van der Waals surface area contributed by atoms with Gasteiger partial charge in [0.1, 0.15) is 5.57 Å². The zero-order chi connectivity index (χ0) is 21.5. The minimum Gasteiger partial charge on any atom is -0.454 e. The Hall–Kier alpha value is -3.81. The number of carbonyl (C=O) groups is 3. The van der Waals surface area contributed by atoms with Gasteiger partial charge in [-0.2, -0.15) is 0 Å². The highest BCUT2D eigenvalue weighted by atomic mass is 16.7. The van der Waals surface area contributed by atoms with Gasteiger partial charge in [0.15, 0.2) is 11.5 Å². The number of hydrogen-bond acceptors (Lipinski definition) is 6. The lowest BCUT2D eigenvalue weighted by Crippen LogP contribution is -2.54. The van der Waals surface area contributed by atoms with Gasteiger partial charge in [-0.15, -0.1) is 0 Å². The Labute approximate surface area is 179 Å². The molecule has 8 nitrogen and oxygen atoms in total. The fourth-order valence-electron chi connectivity index (χ4n) is 4.07. The van der Waals surface area contributed by atoms with Crippen molar-refractivity contribution < 1.29 is 23.9 Å². The smallest absolute Gasteiger partial charge is 0.335 e. The molecule has 4 amide bonds. The summed E-state index contributed by atoms with van der Waals surface area (Å²) in [6.07, 6.45) is 3.90. The van der Waals surface area contributed by atoms with Crippen LogP contribution in [0.25, 0.3) is 6.08 Å². The molecule has 0 atom stereocenters. The highest BCUT2D eigenvalue weighted by molar-refractivity contribution is 6.39. The van der Waals surface area contributed by atoms with Crippen LogP contribution in [0.5, 0.6) is 11.5 Å². The second kappa shape index (κ2) is 7.46. The van der Waals surface area contributed by atoms with E-state index < -0.39 is 17.8 Å². The zero-order valence-corrected chi connectivity index (χ0v) is 17.0. The molecular formula is C23H21N3O5. The largest absolute Gasteiger partial charge is 0.454 e. The molecule has 2 aromatic carbocycles. The molecule has 5 rings (SSSR count). The Morgan fingerprint density at radius 1 is 0.935 bits per heavy atom. The van der Waals surface area contributed by atoms with Crippen LogP contribution in [-0.4, -0.2) is 37.7 Å². The van der Waals surface area contributed by atoms with Crippen LogP contribution in [0.4, 0.5) is 16.2 Å². The van der Waals surface area contributed by atoms with E-state index in [0.717, 1.165) is 34.8 Å². The van der Waals surface area contributed by atoms with E-state index in [1.165, 1.54) is 18.9 Å². The molecule has 0 aliphatic carbocycles. The number of nitrogens with one attached hydrogen (secondary N) is 1. The third kappa shape index (κ3) is 3.39. The number of nitrogens with zero attached hydrogens (tertiary/aromatic N) is 2. The third-order valence-corrected chi connectivity index (χ3v) is 5.74. The van der Waals surface area contributed by atoms with Gasteiger partial charge in [0, 0.05) is 24.8 Å². The van der Waals surface area contributed by atoms with E-state index in [0.29, 0.717) is 17.2 Å². The summed E-state index contributed by atoms with van der Waals surface area (Å²) in [6.45, 7) is 4.09. The lowest BCUT2D eigenvalue weighted by Gasteiger charge is -2.26. The summed E-state index contributed by atoms with van der Waals surface area (Å²) in [5.41, 5.74) is 3.03. The number of benzene rings is 2. The topological polar surface area (TPSA) is 88.2 Å². The molecule has 0 saturated carbocycles. The van der Waals surface area contributed by atoms with Crippen molar-refractivity contribution in [3.05, 3.63) is 53.1 Å². The lowest BCUT2D eigenvalue weighted by atomic mass is 10.0. The van der Waals surface area contributed by atoms with Crippen LogP contribution in [0.1, 0.15) is 24.0 Å². The van der Waals surface area contributed by atoms with E-state index in [9.17, 15) is 14.4 Å². The van der Waals surface area contributed by atoms with Crippen LogP contribution in [0.2, 0.25) is 0 Å². The number of barbiturate groups is 1. The monoisotopic (exact) mass is 419 g/mol. The van der Waals surface area contributed by atoms with E-state index >= 15 is 0 Å². The molecule has 1 N–H and O–H groups in total. The van der Waals surface area contributed by atoms with Crippen molar-refractivity contribution in [2.75, 3.05) is 29.7 Å². The molecule has 31 heavy (non-hydrogen) atoms. The summed E-state index contributed by atoms with van der Waals surface area (Å²) in [4.78, 5) is 41.3. The number of ether oxygens (including phenoxy) is 2. The van der Waals surface area contributed by atoms with Crippen LogP contribution in [-0.2, 0) is 9.59 Å². The Morgan fingerprint density at radius 3 is 2.45 bits per heavy atom. The molecule has 3 heterocycles.